The number of anilines is 1. The Balaban J connectivity index is 2.02. The third-order valence-corrected chi connectivity index (χ3v) is 3.54. The molecule has 3 rings (SSSR count). The fourth-order valence-electron chi connectivity index (χ4n) is 1.93. The summed E-state index contributed by atoms with van der Waals surface area (Å²) in [6, 6.07) is 11.5. The van der Waals surface area contributed by atoms with Gasteiger partial charge in [-0.3, -0.25) is 4.57 Å². The lowest BCUT2D eigenvalue weighted by molar-refractivity contribution is 0.253. The zero-order valence-corrected chi connectivity index (χ0v) is 11.5. The summed E-state index contributed by atoms with van der Waals surface area (Å²) in [5.74, 6) is 0. The molecular weight excluding hydrogens is 306 g/mol. The topological polar surface area (TPSA) is 46.9 Å². The maximum atomic E-state index is 12.0. The second kappa shape index (κ2) is 4.85. The normalized spacial score (nSPS) is 10.6. The van der Waals surface area contributed by atoms with Gasteiger partial charge in [0.15, 0.2) is 0 Å². The van der Waals surface area contributed by atoms with Crippen molar-refractivity contribution in [1.29, 1.82) is 0 Å². The van der Waals surface area contributed by atoms with E-state index in [0.717, 1.165) is 20.9 Å². The average Bonchev–Trinajstić information content (AvgIpc) is 2.96. The maximum absolute atomic E-state index is 12.0. The van der Waals surface area contributed by atoms with Gasteiger partial charge in [0.05, 0.1) is 5.69 Å². The van der Waals surface area contributed by atoms with Gasteiger partial charge in [-0.05, 0) is 17.5 Å². The summed E-state index contributed by atoms with van der Waals surface area (Å²) in [7, 11) is 0. The fourth-order valence-corrected chi connectivity index (χ4v) is 2.41. The Hall–Kier alpha value is -2.14. The molecule has 1 heterocycles. The van der Waals surface area contributed by atoms with Crippen molar-refractivity contribution in [1.82, 2.24) is 9.55 Å². The smallest absolute Gasteiger partial charge is 0.307 e. The van der Waals surface area contributed by atoms with Crippen molar-refractivity contribution in [2.75, 3.05) is 5.32 Å². The van der Waals surface area contributed by atoms with Crippen molar-refractivity contribution in [2.24, 2.45) is 0 Å². The first kappa shape index (κ1) is 11.9. The molecule has 4 nitrogen and oxygen atoms in total. The highest BCUT2D eigenvalue weighted by atomic mass is 79.9. The summed E-state index contributed by atoms with van der Waals surface area (Å²) in [4.78, 5) is 15.9. The van der Waals surface area contributed by atoms with Crippen LogP contribution in [0.1, 0.15) is 0 Å². The Morgan fingerprint density at radius 1 is 1.16 bits per heavy atom. The van der Waals surface area contributed by atoms with Crippen molar-refractivity contribution in [3.8, 4) is 0 Å². The van der Waals surface area contributed by atoms with E-state index in [9.17, 15) is 4.79 Å². The standard InChI is InChI=1S/C14H10BrN3O/c15-12-5-6-13(11-4-2-1-3-10(11)12)17-14(19)18-8-7-16-9-18/h1-9H,(H,17,19). The van der Waals surface area contributed by atoms with Crippen LogP contribution in [0.15, 0.2) is 59.6 Å². The van der Waals surface area contributed by atoms with E-state index < -0.39 is 0 Å². The number of hydrogen-bond acceptors (Lipinski definition) is 2. The second-order valence-electron chi connectivity index (χ2n) is 4.04. The molecule has 0 atom stereocenters. The van der Waals surface area contributed by atoms with E-state index in [1.807, 2.05) is 36.4 Å². The number of amides is 1. The highest BCUT2D eigenvalue weighted by Crippen LogP contribution is 2.29. The van der Waals surface area contributed by atoms with Crippen LogP contribution in [-0.2, 0) is 0 Å². The zero-order chi connectivity index (χ0) is 13.2. The number of fused-ring (bicyclic) bond motifs is 1. The predicted octanol–water partition coefficient (Wildman–Crippen LogP) is 3.88. The number of halogens is 1. The highest BCUT2D eigenvalue weighted by Gasteiger charge is 2.08. The lowest BCUT2D eigenvalue weighted by Gasteiger charge is -2.10. The van der Waals surface area contributed by atoms with Gasteiger partial charge in [0.2, 0.25) is 0 Å². The molecule has 0 saturated heterocycles. The first-order valence-corrected chi connectivity index (χ1v) is 6.51. The van der Waals surface area contributed by atoms with Crippen LogP contribution >= 0.6 is 15.9 Å². The van der Waals surface area contributed by atoms with Crippen LogP contribution in [-0.4, -0.2) is 15.6 Å². The molecule has 0 aliphatic rings. The van der Waals surface area contributed by atoms with Crippen LogP contribution in [0, 0.1) is 0 Å². The van der Waals surface area contributed by atoms with E-state index >= 15 is 0 Å². The van der Waals surface area contributed by atoms with Crippen LogP contribution in [0.25, 0.3) is 10.8 Å². The lowest BCUT2D eigenvalue weighted by Crippen LogP contribution is -2.17. The molecule has 1 amide bonds. The fraction of sp³-hybridized carbons (Fsp3) is 0. The molecule has 5 heteroatoms. The average molecular weight is 316 g/mol. The Morgan fingerprint density at radius 2 is 1.95 bits per heavy atom. The third kappa shape index (κ3) is 2.24. The predicted molar refractivity (Wildman–Crippen MR) is 78.3 cm³/mol. The maximum Gasteiger partial charge on any atom is 0.331 e. The molecule has 1 N–H and O–H groups in total. The number of nitrogens with one attached hydrogen (secondary N) is 1. The quantitative estimate of drug-likeness (QED) is 0.740. The number of benzene rings is 2. The van der Waals surface area contributed by atoms with Gasteiger partial charge < -0.3 is 5.32 Å². The number of imidazole rings is 1. The summed E-state index contributed by atoms with van der Waals surface area (Å²) in [6.45, 7) is 0. The Morgan fingerprint density at radius 3 is 2.68 bits per heavy atom. The number of carbonyl (C=O) groups is 1. The minimum Gasteiger partial charge on any atom is -0.307 e. The molecule has 1 aromatic heterocycles. The third-order valence-electron chi connectivity index (χ3n) is 2.85. The summed E-state index contributed by atoms with van der Waals surface area (Å²) < 4.78 is 2.40. The molecule has 2 aromatic carbocycles. The van der Waals surface area contributed by atoms with Gasteiger partial charge in [0.1, 0.15) is 6.33 Å². The molecular formula is C14H10BrN3O. The van der Waals surface area contributed by atoms with E-state index in [1.165, 1.54) is 10.9 Å². The van der Waals surface area contributed by atoms with Gasteiger partial charge in [-0.2, -0.15) is 0 Å². The lowest BCUT2D eigenvalue weighted by atomic mass is 10.1. The SMILES string of the molecule is O=C(Nc1ccc(Br)c2ccccc12)n1ccnc1. The molecule has 0 saturated carbocycles. The molecule has 0 radical (unpaired) electrons. The summed E-state index contributed by atoms with van der Waals surface area (Å²) in [5.41, 5.74) is 0.775. The van der Waals surface area contributed by atoms with Crippen molar-refractivity contribution < 1.29 is 4.79 Å². The van der Waals surface area contributed by atoms with Gasteiger partial charge in [0, 0.05) is 22.3 Å². The Labute approximate surface area is 118 Å². The van der Waals surface area contributed by atoms with Crippen molar-refractivity contribution in [3.63, 3.8) is 0 Å². The number of aromatic nitrogens is 2. The molecule has 0 aliphatic carbocycles. The minimum atomic E-state index is -0.232. The largest absolute Gasteiger partial charge is 0.331 e. The van der Waals surface area contributed by atoms with Crippen LogP contribution in [0.4, 0.5) is 10.5 Å². The monoisotopic (exact) mass is 315 g/mol. The Kier molecular flexibility index (Phi) is 3.05. The zero-order valence-electron chi connectivity index (χ0n) is 9.88. The number of hydrogen-bond donors (Lipinski definition) is 1. The van der Waals surface area contributed by atoms with Gasteiger partial charge in [-0.15, -0.1) is 0 Å². The van der Waals surface area contributed by atoms with Crippen LogP contribution in [0.3, 0.4) is 0 Å². The molecule has 0 fully saturated rings. The second-order valence-corrected chi connectivity index (χ2v) is 4.89. The van der Waals surface area contributed by atoms with E-state index in [-0.39, 0.29) is 6.03 Å². The summed E-state index contributed by atoms with van der Waals surface area (Å²) in [5, 5.41) is 4.93. The molecule has 0 unspecified atom stereocenters. The van der Waals surface area contributed by atoms with Gasteiger partial charge >= 0.3 is 6.03 Å². The first-order valence-electron chi connectivity index (χ1n) is 5.72. The van der Waals surface area contributed by atoms with Crippen LogP contribution < -0.4 is 5.32 Å². The highest BCUT2D eigenvalue weighted by molar-refractivity contribution is 9.10. The van der Waals surface area contributed by atoms with Crippen LogP contribution in [0.2, 0.25) is 0 Å². The molecule has 0 bridgehead atoms. The van der Waals surface area contributed by atoms with Gasteiger partial charge in [0.25, 0.3) is 0 Å². The van der Waals surface area contributed by atoms with Crippen LogP contribution in [0.5, 0.6) is 0 Å². The van der Waals surface area contributed by atoms with Gasteiger partial charge in [-0.1, -0.05) is 40.2 Å². The van der Waals surface area contributed by atoms with Gasteiger partial charge in [-0.25, -0.2) is 9.78 Å². The van der Waals surface area contributed by atoms with E-state index in [1.54, 1.807) is 12.4 Å². The summed E-state index contributed by atoms with van der Waals surface area (Å²) in [6.07, 6.45) is 4.64. The number of rotatable bonds is 1. The van der Waals surface area contributed by atoms with E-state index in [2.05, 4.69) is 26.2 Å². The van der Waals surface area contributed by atoms with E-state index in [4.69, 9.17) is 0 Å². The number of carbonyl (C=O) groups excluding carboxylic acids is 1. The molecule has 0 aliphatic heterocycles. The molecule has 94 valence electrons. The molecule has 3 aromatic rings. The van der Waals surface area contributed by atoms with Crippen molar-refractivity contribution >= 4 is 38.4 Å². The first-order chi connectivity index (χ1) is 9.25. The number of nitrogens with zero attached hydrogens (tertiary/aromatic N) is 2. The van der Waals surface area contributed by atoms with Crippen molar-refractivity contribution in [2.45, 2.75) is 0 Å². The van der Waals surface area contributed by atoms with Crippen molar-refractivity contribution in [3.05, 3.63) is 59.6 Å². The Bertz CT molecular complexity index is 738. The molecule has 19 heavy (non-hydrogen) atoms. The minimum absolute atomic E-state index is 0.232. The van der Waals surface area contributed by atoms with E-state index in [0.29, 0.717) is 0 Å². The summed E-state index contributed by atoms with van der Waals surface area (Å²) >= 11 is 3.51. The molecule has 0 spiro atoms.